The molecule has 0 aliphatic rings. The summed E-state index contributed by atoms with van der Waals surface area (Å²) in [5, 5.41) is 0. The van der Waals surface area contributed by atoms with E-state index >= 15 is 0 Å². The second-order valence-corrected chi connectivity index (χ2v) is 8.91. The van der Waals surface area contributed by atoms with E-state index in [4.69, 9.17) is 15.2 Å². The summed E-state index contributed by atoms with van der Waals surface area (Å²) in [7, 11) is 3.23. The van der Waals surface area contributed by atoms with Gasteiger partial charge in [-0.15, -0.1) is 0 Å². The van der Waals surface area contributed by atoms with E-state index in [0.717, 1.165) is 11.3 Å². The van der Waals surface area contributed by atoms with Crippen LogP contribution >= 0.6 is 0 Å². The van der Waals surface area contributed by atoms with Gasteiger partial charge in [0.1, 0.15) is 18.9 Å². The van der Waals surface area contributed by atoms with Crippen molar-refractivity contribution in [3.63, 3.8) is 0 Å². The number of ether oxygens (including phenoxy) is 2. The van der Waals surface area contributed by atoms with Crippen LogP contribution in [0, 0.1) is 12.7 Å². The summed E-state index contributed by atoms with van der Waals surface area (Å²) >= 11 is 0. The second-order valence-electron chi connectivity index (χ2n) is 8.91. The van der Waals surface area contributed by atoms with Gasteiger partial charge < -0.3 is 25.0 Å². The third-order valence-electron chi connectivity index (χ3n) is 5.69. The number of aliphatic imine (C=N–C) groups is 1. The van der Waals surface area contributed by atoms with Crippen LogP contribution < -0.4 is 15.2 Å². The molecule has 2 N–H and O–H groups in total. The number of rotatable bonds is 12. The van der Waals surface area contributed by atoms with Crippen LogP contribution in [0.4, 0.5) is 4.39 Å². The lowest BCUT2D eigenvalue weighted by Crippen LogP contribution is -2.49. The van der Waals surface area contributed by atoms with Crippen LogP contribution in [-0.4, -0.2) is 67.2 Å². The molecule has 0 atom stereocenters. The largest absolute Gasteiger partial charge is 0.491 e. The van der Waals surface area contributed by atoms with E-state index in [1.165, 1.54) is 36.5 Å². The number of allylic oxidation sites excluding steroid dienone is 1. The topological polar surface area (TPSA) is 97.5 Å². The quantitative estimate of drug-likeness (QED) is 0.452. The maximum Gasteiger partial charge on any atom is 0.244 e. The minimum absolute atomic E-state index is 0.00211. The van der Waals surface area contributed by atoms with E-state index in [-0.39, 0.29) is 37.1 Å². The highest BCUT2D eigenvalue weighted by molar-refractivity contribution is 5.89. The molecule has 2 aromatic carbocycles. The second kappa shape index (κ2) is 13.3. The van der Waals surface area contributed by atoms with Gasteiger partial charge in [-0.25, -0.2) is 4.39 Å². The molecule has 2 aromatic rings. The molecule has 2 amide bonds. The third-order valence-corrected chi connectivity index (χ3v) is 5.69. The van der Waals surface area contributed by atoms with Gasteiger partial charge in [-0.3, -0.25) is 14.6 Å². The molecule has 0 fully saturated rings. The Hall–Kier alpha value is -3.88. The van der Waals surface area contributed by atoms with Crippen LogP contribution in [0.25, 0.3) is 0 Å². The molecule has 0 heterocycles. The van der Waals surface area contributed by atoms with Crippen molar-refractivity contribution < 1.29 is 23.5 Å². The van der Waals surface area contributed by atoms with Crippen LogP contribution in [0.5, 0.6) is 11.5 Å². The maximum atomic E-state index is 13.6. The van der Waals surface area contributed by atoms with Crippen LogP contribution in [0.15, 0.2) is 65.4 Å². The fraction of sp³-hybridized carbons (Fsp3) is 0.370. The van der Waals surface area contributed by atoms with Crippen LogP contribution in [0.2, 0.25) is 0 Å². The molecular weight excluding hydrogens is 463 g/mol. The van der Waals surface area contributed by atoms with Crippen molar-refractivity contribution in [1.82, 2.24) is 9.80 Å². The monoisotopic (exact) mass is 498 g/mol. The fourth-order valence-electron chi connectivity index (χ4n) is 3.02. The van der Waals surface area contributed by atoms with Crippen LogP contribution in [0.3, 0.4) is 0 Å². The lowest BCUT2D eigenvalue weighted by atomic mass is 10.0. The first-order valence-electron chi connectivity index (χ1n) is 11.6. The summed E-state index contributed by atoms with van der Waals surface area (Å²) < 4.78 is 24.8. The Labute approximate surface area is 212 Å². The van der Waals surface area contributed by atoms with Gasteiger partial charge >= 0.3 is 0 Å². The summed E-state index contributed by atoms with van der Waals surface area (Å²) in [4.78, 5) is 32.2. The zero-order chi connectivity index (χ0) is 26.7. The van der Waals surface area contributed by atoms with Crippen molar-refractivity contribution in [3.8, 4) is 11.5 Å². The van der Waals surface area contributed by atoms with E-state index in [1.54, 1.807) is 24.1 Å². The molecule has 0 radical (unpaired) electrons. The molecule has 0 spiro atoms. The number of carbonyl (C=O) groups is 2. The summed E-state index contributed by atoms with van der Waals surface area (Å²) in [5.41, 5.74) is 6.55. The number of hydrogen-bond donors (Lipinski definition) is 1. The predicted octanol–water partition coefficient (Wildman–Crippen LogP) is 3.55. The number of likely N-dealkylation sites (N-methyl/N-ethyl adjacent to an activating group) is 1. The number of halogens is 1. The molecule has 0 saturated carbocycles. The summed E-state index contributed by atoms with van der Waals surface area (Å²) in [6, 6.07) is 13.7. The molecule has 9 heteroatoms. The average molecular weight is 499 g/mol. The summed E-state index contributed by atoms with van der Waals surface area (Å²) in [5.74, 6) is -0.191. The zero-order valence-corrected chi connectivity index (χ0v) is 21.5. The number of para-hydroxylation sites is 1. The SMILES string of the molecule is Cc1ccc(OCC(C)(C)N(C)C(=O)CN=C/C(=C\N)N(C)C(=O)CCOc2ccccc2F)cc1. The first-order valence-corrected chi connectivity index (χ1v) is 11.6. The predicted molar refractivity (Wildman–Crippen MR) is 138 cm³/mol. The fourth-order valence-corrected chi connectivity index (χ4v) is 3.02. The standard InChI is InChI=1S/C27H35FN4O4/c1-20-10-12-22(13-11-20)36-19-27(2,3)32(5)26(34)18-30-17-21(16-29)31(4)25(33)14-15-35-24-9-7-6-8-23(24)28/h6-13,16-17H,14-15,18-19,29H2,1-5H3/b21-16+,30-17?. The van der Waals surface area contributed by atoms with E-state index in [9.17, 15) is 14.0 Å². The normalized spacial score (nSPS) is 11.9. The van der Waals surface area contributed by atoms with Crippen molar-refractivity contribution in [2.75, 3.05) is 33.9 Å². The Bertz CT molecular complexity index is 1080. The Kier molecular flexibility index (Phi) is 10.5. The van der Waals surface area contributed by atoms with Gasteiger partial charge in [0.25, 0.3) is 0 Å². The van der Waals surface area contributed by atoms with E-state index in [0.29, 0.717) is 12.3 Å². The minimum atomic E-state index is -0.574. The van der Waals surface area contributed by atoms with E-state index in [1.807, 2.05) is 45.0 Å². The Morgan fingerprint density at radius 3 is 2.36 bits per heavy atom. The van der Waals surface area contributed by atoms with Gasteiger partial charge in [0.2, 0.25) is 11.8 Å². The van der Waals surface area contributed by atoms with Gasteiger partial charge in [0.15, 0.2) is 11.6 Å². The van der Waals surface area contributed by atoms with Crippen LogP contribution in [0.1, 0.15) is 25.8 Å². The lowest BCUT2D eigenvalue weighted by Gasteiger charge is -2.35. The van der Waals surface area contributed by atoms with Gasteiger partial charge in [-0.1, -0.05) is 29.8 Å². The molecule has 2 rings (SSSR count). The number of carbonyl (C=O) groups excluding carboxylic acids is 2. The number of amides is 2. The molecule has 0 aromatic heterocycles. The number of benzene rings is 2. The Balaban J connectivity index is 1.84. The van der Waals surface area contributed by atoms with Crippen molar-refractivity contribution in [1.29, 1.82) is 0 Å². The highest BCUT2D eigenvalue weighted by Gasteiger charge is 2.28. The minimum Gasteiger partial charge on any atom is -0.491 e. The Morgan fingerprint density at radius 1 is 1.06 bits per heavy atom. The molecule has 194 valence electrons. The molecule has 0 bridgehead atoms. The van der Waals surface area contributed by atoms with Crippen molar-refractivity contribution in [2.24, 2.45) is 10.7 Å². The smallest absolute Gasteiger partial charge is 0.244 e. The van der Waals surface area contributed by atoms with E-state index in [2.05, 4.69) is 4.99 Å². The summed E-state index contributed by atoms with van der Waals surface area (Å²) in [6.45, 7) is 6.00. The van der Waals surface area contributed by atoms with Crippen molar-refractivity contribution in [3.05, 3.63) is 71.8 Å². The number of nitrogens with zero attached hydrogens (tertiary/aromatic N) is 3. The first kappa shape index (κ1) is 28.4. The molecular formula is C27H35FN4O4. The maximum absolute atomic E-state index is 13.6. The van der Waals surface area contributed by atoms with Gasteiger partial charge in [0, 0.05) is 26.5 Å². The first-order chi connectivity index (χ1) is 17.0. The van der Waals surface area contributed by atoms with E-state index < -0.39 is 11.4 Å². The summed E-state index contributed by atoms with van der Waals surface area (Å²) in [6.07, 6.45) is 2.61. The molecule has 0 aliphatic heterocycles. The molecule has 0 aliphatic carbocycles. The highest BCUT2D eigenvalue weighted by Crippen LogP contribution is 2.18. The van der Waals surface area contributed by atoms with Crippen molar-refractivity contribution in [2.45, 2.75) is 32.7 Å². The number of aryl methyl sites for hydroxylation is 1. The molecule has 0 saturated heterocycles. The third kappa shape index (κ3) is 8.41. The highest BCUT2D eigenvalue weighted by atomic mass is 19.1. The lowest BCUT2D eigenvalue weighted by molar-refractivity contribution is -0.134. The zero-order valence-electron chi connectivity index (χ0n) is 21.5. The average Bonchev–Trinajstić information content (AvgIpc) is 2.86. The Morgan fingerprint density at radius 2 is 1.72 bits per heavy atom. The molecule has 36 heavy (non-hydrogen) atoms. The van der Waals surface area contributed by atoms with Gasteiger partial charge in [-0.2, -0.15) is 0 Å². The van der Waals surface area contributed by atoms with Gasteiger partial charge in [-0.05, 0) is 45.0 Å². The van der Waals surface area contributed by atoms with Crippen molar-refractivity contribution >= 4 is 18.0 Å². The number of nitrogens with two attached hydrogens (primary N) is 1. The van der Waals surface area contributed by atoms with Crippen LogP contribution in [-0.2, 0) is 9.59 Å². The number of hydrogen-bond acceptors (Lipinski definition) is 6. The molecule has 0 unspecified atom stereocenters. The van der Waals surface area contributed by atoms with Gasteiger partial charge in [0.05, 0.1) is 24.3 Å². The molecule has 8 nitrogen and oxygen atoms in total.